The number of aromatic nitrogens is 4. The van der Waals surface area contributed by atoms with Gasteiger partial charge in [-0.15, -0.1) is 0 Å². The van der Waals surface area contributed by atoms with Crippen LogP contribution in [0.1, 0.15) is 17.4 Å². The topological polar surface area (TPSA) is 93.2 Å². The molecule has 0 saturated carbocycles. The number of anilines is 2. The zero-order valence-corrected chi connectivity index (χ0v) is 18.6. The van der Waals surface area contributed by atoms with Gasteiger partial charge in [0.25, 0.3) is 0 Å². The van der Waals surface area contributed by atoms with Gasteiger partial charge < -0.3 is 10.6 Å². The van der Waals surface area contributed by atoms with Crippen molar-refractivity contribution in [2.45, 2.75) is 13.0 Å². The highest BCUT2D eigenvalue weighted by Crippen LogP contribution is 2.36. The van der Waals surface area contributed by atoms with E-state index < -0.39 is 29.5 Å². The van der Waals surface area contributed by atoms with Crippen LogP contribution in [0, 0.1) is 24.4 Å². The van der Waals surface area contributed by atoms with Crippen LogP contribution < -0.4 is 10.6 Å². The SMILES string of the molecule is Cc1nc(N)c2c(-c3ccc(N4CC(c5ccc(F)cc5F)N(C)C4=O)cc3F)nn(C)c2n1. The standard InChI is InChI=1S/C23H20F3N7O/c1-11-28-21(27)19-20(30-32(3)22(19)29-11)15-7-5-13(9-17(15)26)33-10-18(31(2)23(33)34)14-6-4-12(24)8-16(14)25/h4-9,18H,10H2,1-3H3,(H2,27,28,29). The van der Waals surface area contributed by atoms with Crippen LogP contribution in [0.5, 0.6) is 0 Å². The lowest BCUT2D eigenvalue weighted by Gasteiger charge is -2.18. The van der Waals surface area contributed by atoms with Crippen molar-refractivity contribution in [3.8, 4) is 11.3 Å². The van der Waals surface area contributed by atoms with Gasteiger partial charge in [0.2, 0.25) is 0 Å². The number of nitrogens with two attached hydrogens (primary N) is 1. The van der Waals surface area contributed by atoms with E-state index in [2.05, 4.69) is 15.1 Å². The van der Waals surface area contributed by atoms with E-state index in [-0.39, 0.29) is 29.2 Å². The highest BCUT2D eigenvalue weighted by molar-refractivity contribution is 5.99. The molecule has 11 heteroatoms. The second-order valence-corrected chi connectivity index (χ2v) is 8.18. The van der Waals surface area contributed by atoms with Crippen molar-refractivity contribution in [1.29, 1.82) is 0 Å². The Morgan fingerprint density at radius 3 is 2.50 bits per heavy atom. The Bertz CT molecular complexity index is 1470. The number of amides is 2. The van der Waals surface area contributed by atoms with E-state index in [4.69, 9.17) is 5.73 Å². The van der Waals surface area contributed by atoms with E-state index in [9.17, 15) is 13.6 Å². The normalized spacial score (nSPS) is 16.2. The predicted molar refractivity (Wildman–Crippen MR) is 120 cm³/mol. The van der Waals surface area contributed by atoms with Gasteiger partial charge in [-0.25, -0.2) is 32.6 Å². The highest BCUT2D eigenvalue weighted by atomic mass is 19.1. The fraction of sp³-hybridized carbons (Fsp3) is 0.217. The molecule has 0 bridgehead atoms. The Kier molecular flexibility index (Phi) is 4.92. The second-order valence-electron chi connectivity index (χ2n) is 8.18. The lowest BCUT2D eigenvalue weighted by molar-refractivity contribution is 0.218. The number of hydrogen-bond acceptors (Lipinski definition) is 5. The van der Waals surface area contributed by atoms with Crippen molar-refractivity contribution in [1.82, 2.24) is 24.6 Å². The predicted octanol–water partition coefficient (Wildman–Crippen LogP) is 3.95. The summed E-state index contributed by atoms with van der Waals surface area (Å²) in [6.45, 7) is 1.77. The van der Waals surface area contributed by atoms with Crippen molar-refractivity contribution in [3.05, 3.63) is 65.2 Å². The molecule has 3 heterocycles. The molecule has 1 unspecified atom stereocenters. The molecule has 2 aromatic heterocycles. The first-order chi connectivity index (χ1) is 16.2. The fourth-order valence-corrected chi connectivity index (χ4v) is 4.33. The van der Waals surface area contributed by atoms with Gasteiger partial charge in [-0.2, -0.15) is 5.10 Å². The third-order valence-electron chi connectivity index (χ3n) is 6.02. The zero-order valence-electron chi connectivity index (χ0n) is 18.6. The Balaban J connectivity index is 1.51. The molecule has 2 aromatic carbocycles. The number of aryl methyl sites for hydroxylation is 2. The molecular formula is C23H20F3N7O. The molecule has 174 valence electrons. The molecule has 34 heavy (non-hydrogen) atoms. The van der Waals surface area contributed by atoms with Crippen LogP contribution in [0.2, 0.25) is 0 Å². The monoisotopic (exact) mass is 467 g/mol. The number of hydrogen-bond donors (Lipinski definition) is 1. The maximum absolute atomic E-state index is 15.3. The number of urea groups is 1. The molecule has 2 amide bonds. The molecule has 1 aliphatic heterocycles. The molecule has 0 aliphatic carbocycles. The number of fused-ring (bicyclic) bond motifs is 1. The molecule has 1 saturated heterocycles. The number of carbonyl (C=O) groups excluding carboxylic acids is 1. The van der Waals surface area contributed by atoms with Crippen LogP contribution in [-0.2, 0) is 7.05 Å². The second kappa shape index (κ2) is 7.72. The minimum atomic E-state index is -0.745. The van der Waals surface area contributed by atoms with Crippen LogP contribution in [0.25, 0.3) is 22.3 Å². The summed E-state index contributed by atoms with van der Waals surface area (Å²) in [5.41, 5.74) is 7.49. The van der Waals surface area contributed by atoms with Crippen molar-refractivity contribution in [2.24, 2.45) is 7.05 Å². The molecule has 1 atom stereocenters. The lowest BCUT2D eigenvalue weighted by atomic mass is 10.1. The average Bonchev–Trinajstić information content (AvgIpc) is 3.25. The van der Waals surface area contributed by atoms with Crippen molar-refractivity contribution in [2.75, 3.05) is 24.2 Å². The quantitative estimate of drug-likeness (QED) is 0.493. The van der Waals surface area contributed by atoms with E-state index in [0.29, 0.717) is 22.5 Å². The number of likely N-dealkylation sites (N-methyl/N-ethyl adjacent to an activating group) is 1. The largest absolute Gasteiger partial charge is 0.383 e. The third kappa shape index (κ3) is 3.31. The van der Waals surface area contributed by atoms with E-state index in [1.165, 1.54) is 39.7 Å². The molecule has 1 fully saturated rings. The number of halogens is 3. The fourth-order valence-electron chi connectivity index (χ4n) is 4.33. The summed E-state index contributed by atoms with van der Waals surface area (Å²) in [7, 11) is 3.20. The van der Waals surface area contributed by atoms with E-state index >= 15 is 4.39 Å². The first kappa shape index (κ1) is 21.7. The third-order valence-corrected chi connectivity index (χ3v) is 6.02. The van der Waals surface area contributed by atoms with Gasteiger partial charge in [-0.1, -0.05) is 6.07 Å². The number of rotatable bonds is 3. The molecule has 0 radical (unpaired) electrons. The van der Waals surface area contributed by atoms with Crippen molar-refractivity contribution in [3.63, 3.8) is 0 Å². The Labute approximate surface area is 192 Å². The molecule has 1 aliphatic rings. The van der Waals surface area contributed by atoms with Crippen LogP contribution in [0.4, 0.5) is 29.5 Å². The van der Waals surface area contributed by atoms with Crippen LogP contribution in [-0.4, -0.2) is 44.3 Å². The van der Waals surface area contributed by atoms with Crippen LogP contribution in [0.15, 0.2) is 36.4 Å². The maximum atomic E-state index is 15.3. The summed E-state index contributed by atoms with van der Waals surface area (Å²) in [4.78, 5) is 24.1. The minimum Gasteiger partial charge on any atom is -0.383 e. The van der Waals surface area contributed by atoms with Gasteiger partial charge in [-0.05, 0) is 31.2 Å². The molecule has 0 spiro atoms. The first-order valence-electron chi connectivity index (χ1n) is 10.4. The Morgan fingerprint density at radius 1 is 1.03 bits per heavy atom. The van der Waals surface area contributed by atoms with Gasteiger partial charge >= 0.3 is 6.03 Å². The average molecular weight is 467 g/mol. The van der Waals surface area contributed by atoms with E-state index in [1.807, 2.05) is 0 Å². The van der Waals surface area contributed by atoms with E-state index in [1.54, 1.807) is 20.0 Å². The summed E-state index contributed by atoms with van der Waals surface area (Å²) in [6.07, 6.45) is 0. The number of nitrogens with zero attached hydrogens (tertiary/aromatic N) is 6. The Hall–Kier alpha value is -4.15. The van der Waals surface area contributed by atoms with Gasteiger partial charge in [0, 0.05) is 37.0 Å². The maximum Gasteiger partial charge on any atom is 0.324 e. The molecule has 8 nitrogen and oxygen atoms in total. The van der Waals surface area contributed by atoms with Crippen LogP contribution in [0.3, 0.4) is 0 Å². The summed E-state index contributed by atoms with van der Waals surface area (Å²) in [6, 6.07) is 6.45. The zero-order chi connectivity index (χ0) is 24.3. The number of carbonyl (C=O) groups is 1. The van der Waals surface area contributed by atoms with Gasteiger partial charge in [0.05, 0.1) is 18.0 Å². The van der Waals surface area contributed by atoms with Gasteiger partial charge in [0.1, 0.15) is 34.8 Å². The summed E-state index contributed by atoms with van der Waals surface area (Å²) in [5, 5.41) is 4.81. The number of nitrogen functional groups attached to an aromatic ring is 1. The smallest absolute Gasteiger partial charge is 0.324 e. The summed E-state index contributed by atoms with van der Waals surface area (Å²) < 4.78 is 44.5. The minimum absolute atomic E-state index is 0.0727. The lowest BCUT2D eigenvalue weighted by Crippen LogP contribution is -2.29. The van der Waals surface area contributed by atoms with Crippen LogP contribution >= 0.6 is 0 Å². The highest BCUT2D eigenvalue weighted by Gasteiger charge is 2.38. The van der Waals surface area contributed by atoms with E-state index in [0.717, 1.165) is 12.1 Å². The molecular weight excluding hydrogens is 447 g/mol. The molecule has 2 N–H and O–H groups in total. The van der Waals surface area contributed by atoms with Gasteiger partial charge in [-0.3, -0.25) is 4.90 Å². The van der Waals surface area contributed by atoms with Crippen molar-refractivity contribution < 1.29 is 18.0 Å². The summed E-state index contributed by atoms with van der Waals surface area (Å²) >= 11 is 0. The Morgan fingerprint density at radius 2 is 1.79 bits per heavy atom. The molecule has 4 aromatic rings. The summed E-state index contributed by atoms with van der Waals surface area (Å²) in [5.74, 6) is -1.41. The van der Waals surface area contributed by atoms with Gasteiger partial charge in [0.15, 0.2) is 5.65 Å². The molecule has 5 rings (SSSR count). The number of benzene rings is 2. The van der Waals surface area contributed by atoms with Crippen molar-refractivity contribution >= 4 is 28.6 Å². The first-order valence-corrected chi connectivity index (χ1v) is 10.4.